The summed E-state index contributed by atoms with van der Waals surface area (Å²) < 4.78 is 2.47. The third-order valence-electron chi connectivity index (χ3n) is 5.83. The van der Waals surface area contributed by atoms with Crippen molar-refractivity contribution in [2.24, 2.45) is 0 Å². The van der Waals surface area contributed by atoms with E-state index in [0.29, 0.717) is 0 Å². The first-order valence-electron chi connectivity index (χ1n) is 10.2. The minimum atomic E-state index is -0.0363. The minimum Gasteiger partial charge on any atom is -0.378 e. The van der Waals surface area contributed by atoms with Crippen molar-refractivity contribution in [3.63, 3.8) is 0 Å². The van der Waals surface area contributed by atoms with Gasteiger partial charge in [0.25, 0.3) is 0 Å². The first-order chi connectivity index (χ1) is 14.0. The molecule has 2 heteroatoms. The smallest absolute Gasteiger partial charge is 0.210 e. The fourth-order valence-electron chi connectivity index (χ4n) is 4.14. The summed E-state index contributed by atoms with van der Waals surface area (Å²) in [5.74, 6) is 0. The van der Waals surface area contributed by atoms with Gasteiger partial charge in [0.15, 0.2) is 12.3 Å². The largest absolute Gasteiger partial charge is 0.378 e. The maximum Gasteiger partial charge on any atom is 0.210 e. The van der Waals surface area contributed by atoms with Crippen LogP contribution < -0.4 is 4.90 Å². The van der Waals surface area contributed by atoms with Gasteiger partial charge in [0.1, 0.15) is 0 Å². The highest BCUT2D eigenvalue weighted by Crippen LogP contribution is 2.40. The fraction of sp³-hybridized carbons (Fsp3) is 0.222. The van der Waals surface area contributed by atoms with Crippen LogP contribution in [0.3, 0.4) is 0 Å². The van der Waals surface area contributed by atoms with Gasteiger partial charge >= 0.3 is 0 Å². The quantitative estimate of drug-likeness (QED) is 0.488. The summed E-state index contributed by atoms with van der Waals surface area (Å²) in [4.78, 5) is 2.13. The SMILES string of the molecule is CN(C)c1ccc(C=CC2=[N+](Cc3ccccc3)c3ccccc3C2(C)C)cc1. The van der Waals surface area contributed by atoms with Gasteiger partial charge < -0.3 is 4.90 Å². The summed E-state index contributed by atoms with van der Waals surface area (Å²) in [6.45, 7) is 5.53. The molecule has 0 radical (unpaired) electrons. The molecule has 1 aliphatic rings. The van der Waals surface area contributed by atoms with Crippen LogP contribution in [0.5, 0.6) is 0 Å². The molecule has 29 heavy (non-hydrogen) atoms. The van der Waals surface area contributed by atoms with E-state index in [4.69, 9.17) is 0 Å². The molecule has 0 saturated heterocycles. The third-order valence-corrected chi connectivity index (χ3v) is 5.83. The number of hydrogen-bond donors (Lipinski definition) is 0. The fourth-order valence-corrected chi connectivity index (χ4v) is 4.14. The van der Waals surface area contributed by atoms with Gasteiger partial charge in [-0.1, -0.05) is 60.7 Å². The summed E-state index contributed by atoms with van der Waals surface area (Å²) in [5.41, 5.74) is 7.75. The van der Waals surface area contributed by atoms with E-state index in [1.54, 1.807) is 0 Å². The van der Waals surface area contributed by atoms with E-state index in [-0.39, 0.29) is 5.41 Å². The highest BCUT2D eigenvalue weighted by atomic mass is 15.1. The van der Waals surface area contributed by atoms with E-state index in [0.717, 1.165) is 6.54 Å². The maximum absolute atomic E-state index is 2.47. The second-order valence-electron chi connectivity index (χ2n) is 8.42. The second kappa shape index (κ2) is 7.71. The summed E-state index contributed by atoms with van der Waals surface area (Å²) in [6, 6.07) is 28.2. The number of fused-ring (bicyclic) bond motifs is 1. The molecule has 0 saturated carbocycles. The lowest BCUT2D eigenvalue weighted by atomic mass is 9.81. The predicted octanol–water partition coefficient (Wildman–Crippen LogP) is 6.04. The van der Waals surface area contributed by atoms with E-state index in [1.165, 1.54) is 33.8 Å². The highest BCUT2D eigenvalue weighted by molar-refractivity contribution is 6.05. The van der Waals surface area contributed by atoms with E-state index < -0.39 is 0 Å². The van der Waals surface area contributed by atoms with Crippen LogP contribution in [0.2, 0.25) is 0 Å². The van der Waals surface area contributed by atoms with Crippen LogP contribution in [-0.4, -0.2) is 24.4 Å². The van der Waals surface area contributed by atoms with Gasteiger partial charge in [-0.3, -0.25) is 0 Å². The van der Waals surface area contributed by atoms with Gasteiger partial charge in [-0.05, 0) is 37.6 Å². The lowest BCUT2D eigenvalue weighted by Crippen LogP contribution is -2.27. The lowest BCUT2D eigenvalue weighted by Gasteiger charge is -2.15. The molecule has 0 aliphatic carbocycles. The molecule has 4 rings (SSSR count). The molecular formula is C27H29N2+. The Labute approximate surface area is 174 Å². The Hall–Kier alpha value is -3.13. The molecule has 0 unspecified atom stereocenters. The van der Waals surface area contributed by atoms with Gasteiger partial charge in [-0.25, -0.2) is 0 Å². The molecule has 0 N–H and O–H groups in total. The molecular weight excluding hydrogens is 352 g/mol. The minimum absolute atomic E-state index is 0.0363. The maximum atomic E-state index is 2.47. The van der Waals surface area contributed by atoms with Crippen LogP contribution in [0.1, 0.15) is 30.5 Å². The summed E-state index contributed by atoms with van der Waals surface area (Å²) in [7, 11) is 4.14. The first-order valence-corrected chi connectivity index (χ1v) is 10.2. The molecule has 0 bridgehead atoms. The Balaban J connectivity index is 1.75. The lowest BCUT2D eigenvalue weighted by molar-refractivity contribution is -0.455. The third kappa shape index (κ3) is 3.75. The Kier molecular flexibility index (Phi) is 5.10. The highest BCUT2D eigenvalue weighted by Gasteiger charge is 2.43. The second-order valence-corrected chi connectivity index (χ2v) is 8.42. The van der Waals surface area contributed by atoms with Crippen LogP contribution in [0.4, 0.5) is 11.4 Å². The number of para-hydroxylation sites is 1. The molecule has 0 aromatic heterocycles. The standard InChI is InChI=1S/C27H29N2/c1-27(2)24-12-8-9-13-25(24)29(20-22-10-6-5-7-11-22)26(27)19-16-21-14-17-23(18-15-21)28(3)4/h5-19H,20H2,1-4H3/q+1. The van der Waals surface area contributed by atoms with E-state index in [9.17, 15) is 0 Å². The number of hydrogen-bond acceptors (Lipinski definition) is 1. The Bertz CT molecular complexity index is 1060. The molecule has 1 aliphatic heterocycles. The molecule has 0 atom stereocenters. The number of nitrogens with zero attached hydrogens (tertiary/aromatic N) is 2. The van der Waals surface area contributed by atoms with E-state index >= 15 is 0 Å². The zero-order chi connectivity index (χ0) is 20.4. The van der Waals surface area contributed by atoms with Crippen molar-refractivity contribution in [3.05, 3.63) is 102 Å². The molecule has 146 valence electrons. The van der Waals surface area contributed by atoms with E-state index in [1.807, 2.05) is 0 Å². The van der Waals surface area contributed by atoms with Gasteiger partial charge in [-0.15, -0.1) is 0 Å². The van der Waals surface area contributed by atoms with Crippen LogP contribution in [0.25, 0.3) is 6.08 Å². The summed E-state index contributed by atoms with van der Waals surface area (Å²) >= 11 is 0. The molecule has 1 heterocycles. The van der Waals surface area contributed by atoms with Gasteiger partial charge in [0.05, 0.1) is 5.41 Å². The number of rotatable bonds is 5. The molecule has 3 aromatic rings. The number of allylic oxidation sites excluding steroid dienone is 1. The van der Waals surface area contributed by atoms with Crippen molar-refractivity contribution in [1.29, 1.82) is 0 Å². The van der Waals surface area contributed by atoms with Crippen molar-refractivity contribution in [1.82, 2.24) is 0 Å². The first kappa shape index (κ1) is 19.2. The summed E-state index contributed by atoms with van der Waals surface area (Å²) in [6.07, 6.45) is 4.54. The van der Waals surface area contributed by atoms with Crippen molar-refractivity contribution in [3.8, 4) is 0 Å². The predicted molar refractivity (Wildman–Crippen MR) is 124 cm³/mol. The van der Waals surface area contributed by atoms with Crippen LogP contribution in [-0.2, 0) is 12.0 Å². The average Bonchev–Trinajstić information content (AvgIpc) is 2.94. The van der Waals surface area contributed by atoms with Gasteiger partial charge in [0, 0.05) is 43.1 Å². The topological polar surface area (TPSA) is 6.25 Å². The average molecular weight is 382 g/mol. The van der Waals surface area contributed by atoms with Crippen LogP contribution in [0.15, 0.2) is 84.9 Å². The number of anilines is 1. The Morgan fingerprint density at radius 2 is 1.45 bits per heavy atom. The monoisotopic (exact) mass is 381 g/mol. The normalized spacial score (nSPS) is 15.0. The zero-order valence-electron chi connectivity index (χ0n) is 17.8. The molecule has 0 fully saturated rings. The van der Waals surface area contributed by atoms with Crippen molar-refractivity contribution in [2.75, 3.05) is 19.0 Å². The van der Waals surface area contributed by atoms with Crippen LogP contribution >= 0.6 is 0 Å². The summed E-state index contributed by atoms with van der Waals surface area (Å²) in [5, 5.41) is 0. The molecule has 3 aromatic carbocycles. The molecule has 2 nitrogen and oxygen atoms in total. The Morgan fingerprint density at radius 3 is 2.14 bits per heavy atom. The molecule has 0 spiro atoms. The molecule has 0 amide bonds. The van der Waals surface area contributed by atoms with Gasteiger partial charge in [0.2, 0.25) is 5.69 Å². The van der Waals surface area contributed by atoms with E-state index in [2.05, 4.69) is 128 Å². The zero-order valence-corrected chi connectivity index (χ0v) is 17.8. The van der Waals surface area contributed by atoms with Gasteiger partial charge in [-0.2, -0.15) is 4.58 Å². The van der Waals surface area contributed by atoms with Crippen LogP contribution in [0, 0.1) is 0 Å². The Morgan fingerprint density at radius 1 is 0.793 bits per heavy atom. The number of benzene rings is 3. The van der Waals surface area contributed by atoms with Crippen molar-refractivity contribution in [2.45, 2.75) is 25.8 Å². The van der Waals surface area contributed by atoms with Crippen molar-refractivity contribution < 1.29 is 4.58 Å². The van der Waals surface area contributed by atoms with Crippen molar-refractivity contribution >= 4 is 23.2 Å².